The van der Waals surface area contributed by atoms with Gasteiger partial charge < -0.3 is 10.6 Å². The summed E-state index contributed by atoms with van der Waals surface area (Å²) in [6.07, 6.45) is 14.5. The average molecular weight is 341 g/mol. The molecule has 2 N–H and O–H groups in total. The standard InChI is InChI=1S/C19H27N5O/c1-2-19(8-4-3-5-9-19)14-23-18(25)22-13-16-6-7-17(21-12-16)24-11-10-20-15-24/h6-7,10-12,15H,2-5,8-9,13-14H2,1H3,(H2,22,23,25). The van der Waals surface area contributed by atoms with Gasteiger partial charge in [-0.1, -0.05) is 32.3 Å². The second-order valence-electron chi connectivity index (χ2n) is 6.95. The third kappa shape index (κ3) is 4.59. The van der Waals surface area contributed by atoms with E-state index in [0.29, 0.717) is 12.0 Å². The van der Waals surface area contributed by atoms with Crippen LogP contribution in [0.15, 0.2) is 37.1 Å². The SMILES string of the molecule is CCC1(CNC(=O)NCc2ccc(-n3ccnc3)nc2)CCCCC1. The summed E-state index contributed by atoms with van der Waals surface area (Å²) < 4.78 is 1.85. The van der Waals surface area contributed by atoms with Crippen LogP contribution in [0, 0.1) is 5.41 Å². The van der Waals surface area contributed by atoms with Crippen molar-refractivity contribution >= 4 is 6.03 Å². The predicted molar refractivity (Wildman–Crippen MR) is 97.4 cm³/mol. The predicted octanol–water partition coefficient (Wildman–Crippen LogP) is 3.43. The molecule has 2 aromatic rings. The van der Waals surface area contributed by atoms with Crippen molar-refractivity contribution in [2.45, 2.75) is 52.0 Å². The van der Waals surface area contributed by atoms with Gasteiger partial charge in [0.25, 0.3) is 0 Å². The highest BCUT2D eigenvalue weighted by atomic mass is 16.2. The van der Waals surface area contributed by atoms with E-state index in [4.69, 9.17) is 0 Å². The van der Waals surface area contributed by atoms with Gasteiger partial charge in [-0.05, 0) is 36.3 Å². The largest absolute Gasteiger partial charge is 0.338 e. The van der Waals surface area contributed by atoms with E-state index in [1.165, 1.54) is 32.1 Å². The number of hydrogen-bond donors (Lipinski definition) is 2. The molecule has 1 fully saturated rings. The second kappa shape index (κ2) is 8.14. The fourth-order valence-electron chi connectivity index (χ4n) is 3.54. The minimum absolute atomic E-state index is 0.0999. The smallest absolute Gasteiger partial charge is 0.315 e. The quantitative estimate of drug-likeness (QED) is 0.845. The molecule has 0 aliphatic heterocycles. The first-order valence-electron chi connectivity index (χ1n) is 9.16. The number of hydrogen-bond acceptors (Lipinski definition) is 3. The lowest BCUT2D eigenvalue weighted by Gasteiger charge is -2.36. The number of urea groups is 1. The van der Waals surface area contributed by atoms with E-state index in [9.17, 15) is 4.79 Å². The zero-order chi connectivity index (χ0) is 17.5. The fraction of sp³-hybridized carbons (Fsp3) is 0.526. The minimum atomic E-state index is -0.0999. The number of nitrogens with zero attached hydrogens (tertiary/aromatic N) is 3. The molecule has 0 bridgehead atoms. The fourth-order valence-corrected chi connectivity index (χ4v) is 3.54. The Hall–Kier alpha value is -2.37. The molecule has 1 saturated carbocycles. The van der Waals surface area contributed by atoms with Crippen LogP contribution in [0.2, 0.25) is 0 Å². The van der Waals surface area contributed by atoms with Crippen LogP contribution in [-0.2, 0) is 6.54 Å². The Morgan fingerprint density at radius 3 is 2.72 bits per heavy atom. The maximum absolute atomic E-state index is 12.1. The monoisotopic (exact) mass is 341 g/mol. The van der Waals surface area contributed by atoms with Gasteiger partial charge in [-0.25, -0.2) is 14.8 Å². The Bertz CT molecular complexity index is 660. The van der Waals surface area contributed by atoms with Crippen LogP contribution in [0.25, 0.3) is 5.82 Å². The molecular formula is C19H27N5O. The maximum atomic E-state index is 12.1. The highest BCUT2D eigenvalue weighted by molar-refractivity contribution is 5.73. The summed E-state index contributed by atoms with van der Waals surface area (Å²) in [7, 11) is 0. The molecule has 2 heterocycles. The van der Waals surface area contributed by atoms with Crippen LogP contribution in [0.4, 0.5) is 4.79 Å². The van der Waals surface area contributed by atoms with Crippen molar-refractivity contribution in [3.63, 3.8) is 0 Å². The number of amides is 2. The van der Waals surface area contributed by atoms with Gasteiger partial charge in [0.2, 0.25) is 0 Å². The molecule has 0 unspecified atom stereocenters. The van der Waals surface area contributed by atoms with Gasteiger partial charge in [0.1, 0.15) is 12.1 Å². The van der Waals surface area contributed by atoms with Gasteiger partial charge in [0, 0.05) is 31.7 Å². The van der Waals surface area contributed by atoms with E-state index in [2.05, 4.69) is 27.5 Å². The molecule has 6 heteroatoms. The Balaban J connectivity index is 1.45. The van der Waals surface area contributed by atoms with Crippen molar-refractivity contribution in [1.29, 1.82) is 0 Å². The number of imidazole rings is 1. The normalized spacial score (nSPS) is 16.4. The molecule has 0 radical (unpaired) electrons. The van der Waals surface area contributed by atoms with Gasteiger partial charge in [-0.2, -0.15) is 0 Å². The van der Waals surface area contributed by atoms with Crippen molar-refractivity contribution in [1.82, 2.24) is 25.2 Å². The zero-order valence-corrected chi connectivity index (χ0v) is 14.9. The molecule has 3 rings (SSSR count). The van der Waals surface area contributed by atoms with Crippen LogP contribution in [0.3, 0.4) is 0 Å². The Kier molecular flexibility index (Phi) is 5.68. The molecule has 0 atom stereocenters. The average Bonchev–Trinajstić information content (AvgIpc) is 3.21. The first-order valence-corrected chi connectivity index (χ1v) is 9.16. The maximum Gasteiger partial charge on any atom is 0.315 e. The van der Waals surface area contributed by atoms with Crippen LogP contribution in [0.1, 0.15) is 51.0 Å². The molecule has 2 aromatic heterocycles. The van der Waals surface area contributed by atoms with E-state index < -0.39 is 0 Å². The van der Waals surface area contributed by atoms with Crippen LogP contribution in [-0.4, -0.2) is 27.1 Å². The van der Waals surface area contributed by atoms with Crippen LogP contribution >= 0.6 is 0 Å². The lowest BCUT2D eigenvalue weighted by molar-refractivity contribution is 0.172. The summed E-state index contributed by atoms with van der Waals surface area (Å²) in [6.45, 7) is 3.48. The first kappa shape index (κ1) is 17.5. The summed E-state index contributed by atoms with van der Waals surface area (Å²) in [6, 6.07) is 3.79. The Morgan fingerprint density at radius 2 is 2.08 bits per heavy atom. The van der Waals surface area contributed by atoms with Crippen LogP contribution in [0.5, 0.6) is 0 Å². The lowest BCUT2D eigenvalue weighted by Crippen LogP contribution is -2.43. The molecule has 1 aliphatic rings. The molecule has 6 nitrogen and oxygen atoms in total. The third-order valence-corrected chi connectivity index (χ3v) is 5.32. The minimum Gasteiger partial charge on any atom is -0.338 e. The molecule has 2 amide bonds. The summed E-state index contributed by atoms with van der Waals surface area (Å²) in [5.41, 5.74) is 1.27. The summed E-state index contributed by atoms with van der Waals surface area (Å²) in [4.78, 5) is 20.5. The van der Waals surface area contributed by atoms with E-state index in [0.717, 1.165) is 24.3 Å². The summed E-state index contributed by atoms with van der Waals surface area (Å²) in [5.74, 6) is 0.813. The Morgan fingerprint density at radius 1 is 1.24 bits per heavy atom. The van der Waals surface area contributed by atoms with Crippen molar-refractivity contribution in [2.24, 2.45) is 5.41 Å². The number of aromatic nitrogens is 3. The number of pyridine rings is 1. The molecule has 0 spiro atoms. The van der Waals surface area contributed by atoms with E-state index in [-0.39, 0.29) is 6.03 Å². The van der Waals surface area contributed by atoms with Crippen molar-refractivity contribution in [3.8, 4) is 5.82 Å². The molecule has 1 aliphatic carbocycles. The van der Waals surface area contributed by atoms with Gasteiger partial charge in [0.05, 0.1) is 0 Å². The van der Waals surface area contributed by atoms with Gasteiger partial charge in [0.15, 0.2) is 0 Å². The van der Waals surface area contributed by atoms with E-state index >= 15 is 0 Å². The van der Waals surface area contributed by atoms with Gasteiger partial charge in [-0.3, -0.25) is 4.57 Å². The summed E-state index contributed by atoms with van der Waals surface area (Å²) in [5, 5.41) is 5.99. The van der Waals surface area contributed by atoms with E-state index in [1.54, 1.807) is 18.7 Å². The second-order valence-corrected chi connectivity index (χ2v) is 6.95. The van der Waals surface area contributed by atoms with Crippen LogP contribution < -0.4 is 10.6 Å². The number of nitrogens with one attached hydrogen (secondary N) is 2. The number of carbonyl (C=O) groups excluding carboxylic acids is 1. The highest BCUT2D eigenvalue weighted by Gasteiger charge is 2.30. The van der Waals surface area contributed by atoms with Gasteiger partial charge >= 0.3 is 6.03 Å². The van der Waals surface area contributed by atoms with E-state index in [1.807, 2.05) is 22.9 Å². The first-order chi connectivity index (χ1) is 12.2. The number of rotatable bonds is 6. The van der Waals surface area contributed by atoms with Crippen molar-refractivity contribution < 1.29 is 4.79 Å². The zero-order valence-electron chi connectivity index (χ0n) is 14.9. The molecule has 0 saturated heterocycles. The third-order valence-electron chi connectivity index (χ3n) is 5.32. The summed E-state index contributed by atoms with van der Waals surface area (Å²) >= 11 is 0. The topological polar surface area (TPSA) is 71.8 Å². The highest BCUT2D eigenvalue weighted by Crippen LogP contribution is 2.38. The molecule has 25 heavy (non-hydrogen) atoms. The number of carbonyl (C=O) groups is 1. The van der Waals surface area contributed by atoms with Crippen molar-refractivity contribution in [2.75, 3.05) is 6.54 Å². The van der Waals surface area contributed by atoms with Crippen molar-refractivity contribution in [3.05, 3.63) is 42.6 Å². The molecular weight excluding hydrogens is 314 g/mol. The molecule has 0 aromatic carbocycles. The lowest BCUT2D eigenvalue weighted by atomic mass is 9.72. The van der Waals surface area contributed by atoms with Gasteiger partial charge in [-0.15, -0.1) is 0 Å². The Labute approximate surface area is 149 Å². The molecule has 134 valence electrons.